The lowest BCUT2D eigenvalue weighted by atomic mass is 10.1. The van der Waals surface area contributed by atoms with Crippen molar-refractivity contribution in [3.8, 4) is 11.5 Å². The number of aromatic nitrogens is 1. The molecule has 0 unspecified atom stereocenters. The highest BCUT2D eigenvalue weighted by Gasteiger charge is 2.39. The normalized spacial score (nSPS) is 18.8. The molecular formula is C19H15FN2O3. The van der Waals surface area contributed by atoms with Gasteiger partial charge < -0.3 is 14.7 Å². The number of rotatable bonds is 4. The lowest BCUT2D eigenvalue weighted by Crippen LogP contribution is -2.31. The van der Waals surface area contributed by atoms with E-state index in [1.165, 1.54) is 24.5 Å². The first-order valence-corrected chi connectivity index (χ1v) is 7.95. The number of benzene rings is 1. The molecule has 0 spiro atoms. The molecule has 3 aromatic rings. The maximum absolute atomic E-state index is 13.0. The number of nitrogens with one attached hydrogen (secondary N) is 2. The minimum absolute atomic E-state index is 0.0397. The Kier molecular flexibility index (Phi) is 3.72. The van der Waals surface area contributed by atoms with E-state index in [-0.39, 0.29) is 23.3 Å². The van der Waals surface area contributed by atoms with Crippen molar-refractivity contribution in [2.75, 3.05) is 0 Å². The van der Waals surface area contributed by atoms with Crippen LogP contribution in [0.3, 0.4) is 0 Å². The molecule has 1 aliphatic carbocycles. The minimum Gasteiger partial charge on any atom is -0.463 e. The summed E-state index contributed by atoms with van der Waals surface area (Å²) in [5.74, 6) is -0.0105. The average molecular weight is 338 g/mol. The van der Waals surface area contributed by atoms with Gasteiger partial charge in [0, 0.05) is 12.0 Å². The molecule has 1 amide bonds. The van der Waals surface area contributed by atoms with Crippen molar-refractivity contribution in [1.29, 1.82) is 0 Å². The Morgan fingerprint density at radius 2 is 1.96 bits per heavy atom. The van der Waals surface area contributed by atoms with Crippen molar-refractivity contribution in [2.45, 2.75) is 18.4 Å². The molecule has 2 N–H and O–H groups in total. The Bertz CT molecular complexity index is 961. The fourth-order valence-corrected chi connectivity index (χ4v) is 2.91. The van der Waals surface area contributed by atoms with Crippen molar-refractivity contribution in [2.24, 2.45) is 0 Å². The van der Waals surface area contributed by atoms with Crippen LogP contribution in [-0.2, 0) is 0 Å². The van der Waals surface area contributed by atoms with Gasteiger partial charge in [-0.25, -0.2) is 4.39 Å². The van der Waals surface area contributed by atoms with Gasteiger partial charge in [-0.2, -0.15) is 0 Å². The number of aromatic amines is 1. The third kappa shape index (κ3) is 3.10. The maximum atomic E-state index is 13.0. The number of amides is 1. The molecular weight excluding hydrogens is 323 g/mol. The van der Waals surface area contributed by atoms with Gasteiger partial charge in [-0.1, -0.05) is 12.1 Å². The van der Waals surface area contributed by atoms with Crippen molar-refractivity contribution in [1.82, 2.24) is 10.3 Å². The monoisotopic (exact) mass is 338 g/mol. The number of carbonyl (C=O) groups excluding carboxylic acids is 1. The topological polar surface area (TPSA) is 75.1 Å². The smallest absolute Gasteiger partial charge is 0.261 e. The summed E-state index contributed by atoms with van der Waals surface area (Å²) in [5, 5.41) is 2.85. The summed E-state index contributed by atoms with van der Waals surface area (Å²) in [5.41, 5.74) is 1.08. The predicted octanol–water partition coefficient (Wildman–Crippen LogP) is 3.06. The predicted molar refractivity (Wildman–Crippen MR) is 89.8 cm³/mol. The first kappa shape index (κ1) is 15.4. The summed E-state index contributed by atoms with van der Waals surface area (Å²) in [6.45, 7) is 0. The molecule has 0 radical (unpaired) electrons. The molecule has 1 fully saturated rings. The van der Waals surface area contributed by atoms with E-state index in [0.717, 1.165) is 12.0 Å². The van der Waals surface area contributed by atoms with E-state index < -0.39 is 11.5 Å². The number of H-pyrrole nitrogens is 1. The van der Waals surface area contributed by atoms with Crippen molar-refractivity contribution in [3.05, 3.63) is 82.1 Å². The second-order valence-electron chi connectivity index (χ2n) is 6.07. The van der Waals surface area contributed by atoms with E-state index in [1.807, 2.05) is 0 Å². The molecule has 6 heteroatoms. The summed E-state index contributed by atoms with van der Waals surface area (Å²) in [4.78, 5) is 27.1. The highest BCUT2D eigenvalue weighted by Crippen LogP contribution is 2.40. The Balaban J connectivity index is 1.45. The zero-order chi connectivity index (χ0) is 17.4. The Labute approximate surface area is 142 Å². The highest BCUT2D eigenvalue weighted by molar-refractivity contribution is 5.94. The third-order valence-corrected chi connectivity index (χ3v) is 4.35. The largest absolute Gasteiger partial charge is 0.463 e. The molecule has 2 heterocycles. The van der Waals surface area contributed by atoms with Crippen LogP contribution in [-0.4, -0.2) is 16.9 Å². The molecule has 126 valence electrons. The highest BCUT2D eigenvalue weighted by atomic mass is 19.1. The van der Waals surface area contributed by atoms with Crippen LogP contribution in [0, 0.1) is 5.82 Å². The quantitative estimate of drug-likeness (QED) is 0.768. The Morgan fingerprint density at radius 3 is 2.64 bits per heavy atom. The molecule has 2 atom stereocenters. The van der Waals surface area contributed by atoms with Crippen LogP contribution in [0.15, 0.2) is 64.0 Å². The van der Waals surface area contributed by atoms with Crippen molar-refractivity contribution in [3.63, 3.8) is 0 Å². The second kappa shape index (κ2) is 6.05. The summed E-state index contributed by atoms with van der Waals surface area (Å²) < 4.78 is 18.2. The molecule has 4 rings (SSSR count). The van der Waals surface area contributed by atoms with Crippen LogP contribution in [0.5, 0.6) is 0 Å². The fourth-order valence-electron chi connectivity index (χ4n) is 2.91. The fraction of sp³-hybridized carbons (Fsp3) is 0.158. The van der Waals surface area contributed by atoms with Crippen LogP contribution in [0.1, 0.15) is 28.3 Å². The number of hydrogen-bond acceptors (Lipinski definition) is 3. The maximum Gasteiger partial charge on any atom is 0.261 e. The van der Waals surface area contributed by atoms with Crippen molar-refractivity contribution >= 4 is 5.91 Å². The lowest BCUT2D eigenvalue weighted by Gasteiger charge is -2.05. The molecule has 25 heavy (non-hydrogen) atoms. The summed E-state index contributed by atoms with van der Waals surface area (Å²) in [6, 6.07) is 12.8. The van der Waals surface area contributed by atoms with E-state index in [0.29, 0.717) is 11.5 Å². The van der Waals surface area contributed by atoms with Crippen LogP contribution in [0.4, 0.5) is 4.39 Å². The van der Waals surface area contributed by atoms with Crippen LogP contribution < -0.4 is 10.9 Å². The molecule has 0 aliphatic heterocycles. The Hall–Kier alpha value is -3.15. The van der Waals surface area contributed by atoms with E-state index in [4.69, 9.17) is 4.42 Å². The minimum atomic E-state index is -0.467. The van der Waals surface area contributed by atoms with E-state index in [9.17, 15) is 14.0 Å². The number of furan rings is 1. The SMILES string of the molecule is O=C(N[C@@H]1C[C@@H]1c1ccc(F)cc1)c1ccc(-c2ccco2)[nH]c1=O. The van der Waals surface area contributed by atoms with Gasteiger partial charge in [0.1, 0.15) is 17.1 Å². The zero-order valence-electron chi connectivity index (χ0n) is 13.2. The number of hydrogen-bond donors (Lipinski definition) is 2. The van der Waals surface area contributed by atoms with E-state index in [1.54, 1.807) is 30.3 Å². The van der Waals surface area contributed by atoms with Gasteiger partial charge in [-0.05, 0) is 48.4 Å². The molecule has 0 bridgehead atoms. The summed E-state index contributed by atoms with van der Waals surface area (Å²) in [7, 11) is 0. The van der Waals surface area contributed by atoms with Crippen LogP contribution >= 0.6 is 0 Å². The third-order valence-electron chi connectivity index (χ3n) is 4.35. The molecule has 2 aromatic heterocycles. The standard InChI is InChI=1S/C19H15FN2O3/c20-12-5-3-11(4-6-12)14-10-16(14)22-19(24)13-7-8-15(21-18(13)23)17-2-1-9-25-17/h1-9,14,16H,10H2,(H,21,23)(H,22,24)/t14-,16-/m1/s1. The van der Waals surface area contributed by atoms with Gasteiger partial charge in [0.25, 0.3) is 11.5 Å². The summed E-state index contributed by atoms with van der Waals surface area (Å²) in [6.07, 6.45) is 2.29. The van der Waals surface area contributed by atoms with Gasteiger partial charge in [-0.3, -0.25) is 9.59 Å². The van der Waals surface area contributed by atoms with Gasteiger partial charge in [-0.15, -0.1) is 0 Å². The first-order chi connectivity index (χ1) is 12.1. The van der Waals surface area contributed by atoms with Crippen molar-refractivity contribution < 1.29 is 13.6 Å². The van der Waals surface area contributed by atoms with Crippen LogP contribution in [0.25, 0.3) is 11.5 Å². The van der Waals surface area contributed by atoms with E-state index in [2.05, 4.69) is 10.3 Å². The number of carbonyl (C=O) groups is 1. The van der Waals surface area contributed by atoms with Gasteiger partial charge in [0.05, 0.1) is 12.0 Å². The molecule has 0 saturated heterocycles. The molecule has 5 nitrogen and oxygen atoms in total. The molecule has 1 aromatic carbocycles. The van der Waals surface area contributed by atoms with E-state index >= 15 is 0 Å². The van der Waals surface area contributed by atoms with Crippen LogP contribution in [0.2, 0.25) is 0 Å². The van der Waals surface area contributed by atoms with Gasteiger partial charge >= 0.3 is 0 Å². The Morgan fingerprint density at radius 1 is 1.16 bits per heavy atom. The number of halogens is 1. The number of pyridine rings is 1. The molecule has 1 saturated carbocycles. The molecule has 1 aliphatic rings. The summed E-state index contributed by atoms with van der Waals surface area (Å²) >= 11 is 0. The zero-order valence-corrected chi connectivity index (χ0v) is 13.2. The first-order valence-electron chi connectivity index (χ1n) is 7.95. The van der Waals surface area contributed by atoms with Gasteiger partial charge in [0.2, 0.25) is 0 Å². The second-order valence-corrected chi connectivity index (χ2v) is 6.07. The van der Waals surface area contributed by atoms with Gasteiger partial charge in [0.15, 0.2) is 0 Å². The average Bonchev–Trinajstić information content (AvgIpc) is 3.14. The lowest BCUT2D eigenvalue weighted by molar-refractivity contribution is 0.0949.